The summed E-state index contributed by atoms with van der Waals surface area (Å²) >= 11 is 3.20. The molecule has 0 N–H and O–H groups in total. The Labute approximate surface area is 138 Å². The second kappa shape index (κ2) is 6.81. The van der Waals surface area contributed by atoms with Crippen LogP contribution in [0.25, 0.3) is 0 Å². The summed E-state index contributed by atoms with van der Waals surface area (Å²) in [4.78, 5) is 29.7. The highest BCUT2D eigenvalue weighted by Gasteiger charge is 2.27. The normalized spacial score (nSPS) is 16.6. The fourth-order valence-corrected chi connectivity index (χ4v) is 2.80. The Bertz CT molecular complexity index is 586. The predicted octanol–water partition coefficient (Wildman–Crippen LogP) is 2.65. The molecule has 122 valence electrons. The molecule has 1 saturated heterocycles. The number of hydrogen-bond donors (Lipinski definition) is 0. The van der Waals surface area contributed by atoms with E-state index in [1.165, 1.54) is 6.20 Å². The van der Waals surface area contributed by atoms with E-state index in [2.05, 4.69) is 20.9 Å². The van der Waals surface area contributed by atoms with Crippen LogP contribution in [-0.2, 0) is 11.3 Å². The summed E-state index contributed by atoms with van der Waals surface area (Å²) in [5.74, 6) is 0.368. The van der Waals surface area contributed by atoms with Crippen molar-refractivity contribution >= 4 is 22.0 Å². The van der Waals surface area contributed by atoms with Crippen molar-refractivity contribution < 1.29 is 9.53 Å². The number of ether oxygens (including phenoxy) is 1. The lowest BCUT2D eigenvalue weighted by Gasteiger charge is -2.33. The summed E-state index contributed by atoms with van der Waals surface area (Å²) in [6, 6.07) is 0. The van der Waals surface area contributed by atoms with Gasteiger partial charge in [-0.25, -0.2) is 9.78 Å². The van der Waals surface area contributed by atoms with Gasteiger partial charge in [-0.1, -0.05) is 0 Å². The third kappa shape index (κ3) is 4.56. The maximum atomic E-state index is 12.0. The van der Waals surface area contributed by atoms with Gasteiger partial charge in [0.2, 0.25) is 0 Å². The summed E-state index contributed by atoms with van der Waals surface area (Å²) in [5.41, 5.74) is -0.534. The lowest BCUT2D eigenvalue weighted by Crippen LogP contribution is -2.42. The maximum Gasteiger partial charge on any atom is 0.410 e. The summed E-state index contributed by atoms with van der Waals surface area (Å²) in [7, 11) is 0. The van der Waals surface area contributed by atoms with Crippen LogP contribution in [0, 0.1) is 5.92 Å². The molecule has 1 amide bonds. The molecule has 22 heavy (non-hydrogen) atoms. The fourth-order valence-electron chi connectivity index (χ4n) is 2.46. The van der Waals surface area contributed by atoms with Crippen molar-refractivity contribution in [2.75, 3.05) is 13.1 Å². The molecule has 0 radical (unpaired) electrons. The number of carbonyl (C=O) groups is 1. The molecule has 2 heterocycles. The van der Waals surface area contributed by atoms with Gasteiger partial charge in [0.1, 0.15) is 10.1 Å². The van der Waals surface area contributed by atoms with Gasteiger partial charge in [-0.2, -0.15) is 0 Å². The number of amides is 1. The average molecular weight is 372 g/mol. The van der Waals surface area contributed by atoms with Crippen LogP contribution >= 0.6 is 15.9 Å². The van der Waals surface area contributed by atoms with Gasteiger partial charge >= 0.3 is 6.09 Å². The Morgan fingerprint density at radius 2 is 2.05 bits per heavy atom. The first-order valence-corrected chi connectivity index (χ1v) is 8.23. The molecule has 0 bridgehead atoms. The zero-order valence-corrected chi connectivity index (χ0v) is 14.8. The van der Waals surface area contributed by atoms with Crippen LogP contribution < -0.4 is 5.56 Å². The van der Waals surface area contributed by atoms with Crippen molar-refractivity contribution in [1.82, 2.24) is 14.5 Å². The van der Waals surface area contributed by atoms with Crippen molar-refractivity contribution in [3.05, 3.63) is 27.4 Å². The number of aromatic nitrogens is 2. The van der Waals surface area contributed by atoms with Gasteiger partial charge < -0.3 is 9.64 Å². The lowest BCUT2D eigenvalue weighted by molar-refractivity contribution is 0.0178. The first kappa shape index (κ1) is 17.0. The Balaban J connectivity index is 1.89. The smallest absolute Gasteiger partial charge is 0.410 e. The second-order valence-electron chi connectivity index (χ2n) is 6.61. The van der Waals surface area contributed by atoms with Gasteiger partial charge in [0.05, 0.1) is 6.33 Å². The minimum Gasteiger partial charge on any atom is -0.444 e. The van der Waals surface area contributed by atoms with Gasteiger partial charge in [0.25, 0.3) is 5.56 Å². The van der Waals surface area contributed by atoms with Crippen LogP contribution in [0.3, 0.4) is 0 Å². The summed E-state index contributed by atoms with van der Waals surface area (Å²) in [5, 5.41) is 0. The van der Waals surface area contributed by atoms with Gasteiger partial charge in [0, 0.05) is 25.8 Å². The second-order valence-corrected chi connectivity index (χ2v) is 7.46. The topological polar surface area (TPSA) is 64.4 Å². The van der Waals surface area contributed by atoms with Crippen LogP contribution in [-0.4, -0.2) is 39.2 Å². The summed E-state index contributed by atoms with van der Waals surface area (Å²) in [6.07, 6.45) is 4.53. The Kier molecular flexibility index (Phi) is 5.26. The molecule has 0 unspecified atom stereocenters. The fraction of sp³-hybridized carbons (Fsp3) is 0.667. The third-order valence-electron chi connectivity index (χ3n) is 3.58. The van der Waals surface area contributed by atoms with Gasteiger partial charge in [-0.05, 0) is 55.5 Å². The molecule has 1 aromatic rings. The average Bonchev–Trinajstić information content (AvgIpc) is 2.43. The summed E-state index contributed by atoms with van der Waals surface area (Å²) < 4.78 is 7.48. The monoisotopic (exact) mass is 371 g/mol. The third-order valence-corrected chi connectivity index (χ3v) is 4.12. The SMILES string of the molecule is CC(C)(C)OC(=O)N1CCC(Cn2cncc(Br)c2=O)CC1. The van der Waals surface area contributed by atoms with Crippen molar-refractivity contribution in [3.63, 3.8) is 0 Å². The molecule has 6 nitrogen and oxygen atoms in total. The lowest BCUT2D eigenvalue weighted by atomic mass is 9.97. The molecule has 0 aliphatic carbocycles. The van der Waals surface area contributed by atoms with Crippen LogP contribution in [0.15, 0.2) is 21.8 Å². The minimum atomic E-state index is -0.469. The number of nitrogens with zero attached hydrogens (tertiary/aromatic N) is 3. The number of halogens is 1. The first-order chi connectivity index (χ1) is 10.3. The molecular formula is C15H22BrN3O3. The Morgan fingerprint density at radius 3 is 2.64 bits per heavy atom. The van der Waals surface area contributed by atoms with E-state index in [0.29, 0.717) is 30.0 Å². The first-order valence-electron chi connectivity index (χ1n) is 7.44. The quantitative estimate of drug-likeness (QED) is 0.801. The van der Waals surface area contributed by atoms with E-state index in [0.717, 1.165) is 12.8 Å². The van der Waals surface area contributed by atoms with Crippen molar-refractivity contribution in [1.29, 1.82) is 0 Å². The van der Waals surface area contributed by atoms with Crippen molar-refractivity contribution in [2.24, 2.45) is 5.92 Å². The molecule has 0 spiro atoms. The van der Waals surface area contributed by atoms with Gasteiger partial charge in [-0.15, -0.1) is 0 Å². The van der Waals surface area contributed by atoms with E-state index in [4.69, 9.17) is 4.74 Å². The standard InChI is InChI=1S/C15H22BrN3O3/c1-15(2,3)22-14(21)18-6-4-11(5-7-18)9-19-10-17-8-12(16)13(19)20/h8,10-11H,4-7,9H2,1-3H3. The van der Waals surface area contributed by atoms with E-state index in [1.807, 2.05) is 20.8 Å². The van der Waals surface area contributed by atoms with Gasteiger partial charge in [0.15, 0.2) is 0 Å². The highest BCUT2D eigenvalue weighted by Crippen LogP contribution is 2.20. The highest BCUT2D eigenvalue weighted by atomic mass is 79.9. The zero-order valence-electron chi connectivity index (χ0n) is 13.2. The molecule has 0 aromatic carbocycles. The minimum absolute atomic E-state index is 0.0652. The predicted molar refractivity (Wildman–Crippen MR) is 86.7 cm³/mol. The number of likely N-dealkylation sites (tertiary alicyclic amines) is 1. The molecule has 7 heteroatoms. The van der Waals surface area contributed by atoms with E-state index in [9.17, 15) is 9.59 Å². The zero-order chi connectivity index (χ0) is 16.3. The van der Waals surface area contributed by atoms with Gasteiger partial charge in [-0.3, -0.25) is 9.36 Å². The molecule has 1 fully saturated rings. The van der Waals surface area contributed by atoms with Crippen molar-refractivity contribution in [3.8, 4) is 0 Å². The largest absolute Gasteiger partial charge is 0.444 e. The van der Waals surface area contributed by atoms with Crippen LogP contribution in [0.2, 0.25) is 0 Å². The Hall–Kier alpha value is -1.37. The summed E-state index contributed by atoms with van der Waals surface area (Å²) in [6.45, 7) is 7.55. The number of rotatable bonds is 2. The number of hydrogen-bond acceptors (Lipinski definition) is 4. The van der Waals surface area contributed by atoms with Crippen LogP contribution in [0.4, 0.5) is 4.79 Å². The molecular weight excluding hydrogens is 350 g/mol. The number of carbonyl (C=O) groups excluding carboxylic acids is 1. The van der Waals surface area contributed by atoms with Crippen molar-refractivity contribution in [2.45, 2.75) is 45.8 Å². The van der Waals surface area contributed by atoms with E-state index in [-0.39, 0.29) is 11.7 Å². The highest BCUT2D eigenvalue weighted by molar-refractivity contribution is 9.10. The molecule has 2 rings (SSSR count). The molecule has 0 saturated carbocycles. The van der Waals surface area contributed by atoms with E-state index >= 15 is 0 Å². The van der Waals surface area contributed by atoms with Crippen LogP contribution in [0.1, 0.15) is 33.6 Å². The van der Waals surface area contributed by atoms with E-state index in [1.54, 1.807) is 15.8 Å². The molecule has 1 aliphatic rings. The van der Waals surface area contributed by atoms with E-state index < -0.39 is 5.60 Å². The maximum absolute atomic E-state index is 12.0. The Morgan fingerprint density at radius 1 is 1.41 bits per heavy atom. The molecule has 0 atom stereocenters. The number of piperidine rings is 1. The van der Waals surface area contributed by atoms with Crippen LogP contribution in [0.5, 0.6) is 0 Å². The molecule has 1 aliphatic heterocycles. The molecule has 1 aromatic heterocycles.